The van der Waals surface area contributed by atoms with E-state index in [-0.39, 0.29) is 0 Å². The molecular weight excluding hydrogens is 286 g/mol. The molecule has 0 saturated heterocycles. The smallest absolute Gasteiger partial charge is 0.326 e. The number of hydrogen-bond acceptors (Lipinski definition) is 5. The molecule has 0 aliphatic rings. The van der Waals surface area contributed by atoms with Gasteiger partial charge in [-0.3, -0.25) is 0 Å². The number of pyridine rings is 2. The standard InChI is InChI=1S/C14H11N5OS/c15-14(20)19(11-3-1-2-5-16-11)12-9-10(4-6-17-12)13-18-7-8-21-13/h1-9H,(H2,15,20). The van der Waals surface area contributed by atoms with Gasteiger partial charge in [-0.2, -0.15) is 0 Å². The fraction of sp³-hybridized carbons (Fsp3) is 0. The summed E-state index contributed by atoms with van der Waals surface area (Å²) in [5.41, 5.74) is 6.34. The molecule has 3 rings (SSSR count). The highest BCUT2D eigenvalue weighted by atomic mass is 32.1. The number of carbonyl (C=O) groups excluding carboxylic acids is 1. The quantitative estimate of drug-likeness (QED) is 0.805. The Balaban J connectivity index is 2.05. The molecule has 0 saturated carbocycles. The number of urea groups is 1. The molecule has 6 nitrogen and oxygen atoms in total. The Morgan fingerprint density at radius 1 is 1.05 bits per heavy atom. The van der Waals surface area contributed by atoms with Gasteiger partial charge in [0.25, 0.3) is 0 Å². The van der Waals surface area contributed by atoms with E-state index in [1.807, 2.05) is 11.4 Å². The van der Waals surface area contributed by atoms with E-state index < -0.39 is 6.03 Å². The SMILES string of the molecule is NC(=O)N(c1ccccn1)c1cc(-c2nccs2)ccn1. The predicted molar refractivity (Wildman–Crippen MR) is 81.3 cm³/mol. The minimum Gasteiger partial charge on any atom is -0.351 e. The largest absolute Gasteiger partial charge is 0.351 e. The first-order chi connectivity index (χ1) is 10.3. The zero-order chi connectivity index (χ0) is 14.7. The van der Waals surface area contributed by atoms with Crippen LogP contribution in [0.25, 0.3) is 10.6 Å². The number of nitrogens with two attached hydrogens (primary N) is 1. The van der Waals surface area contributed by atoms with E-state index >= 15 is 0 Å². The first kappa shape index (κ1) is 13.2. The van der Waals surface area contributed by atoms with Crippen LogP contribution in [0.2, 0.25) is 0 Å². The van der Waals surface area contributed by atoms with Crippen molar-refractivity contribution in [3.8, 4) is 10.6 Å². The van der Waals surface area contributed by atoms with Crippen molar-refractivity contribution in [1.29, 1.82) is 0 Å². The van der Waals surface area contributed by atoms with Crippen molar-refractivity contribution in [2.45, 2.75) is 0 Å². The van der Waals surface area contributed by atoms with Gasteiger partial charge in [-0.25, -0.2) is 24.6 Å². The van der Waals surface area contributed by atoms with Crippen molar-refractivity contribution in [3.63, 3.8) is 0 Å². The number of hydrogen-bond donors (Lipinski definition) is 1. The Morgan fingerprint density at radius 3 is 2.57 bits per heavy atom. The van der Waals surface area contributed by atoms with Crippen LogP contribution in [0.4, 0.5) is 16.4 Å². The molecule has 0 atom stereocenters. The van der Waals surface area contributed by atoms with Crippen LogP contribution in [0.3, 0.4) is 0 Å². The minimum absolute atomic E-state index is 0.411. The summed E-state index contributed by atoms with van der Waals surface area (Å²) in [6.07, 6.45) is 4.94. The molecule has 0 spiro atoms. The van der Waals surface area contributed by atoms with Gasteiger partial charge in [-0.1, -0.05) is 6.07 Å². The van der Waals surface area contributed by atoms with Gasteiger partial charge in [0.05, 0.1) is 0 Å². The van der Waals surface area contributed by atoms with Gasteiger partial charge in [-0.15, -0.1) is 11.3 Å². The second-order valence-corrected chi connectivity index (χ2v) is 5.00. The van der Waals surface area contributed by atoms with Crippen LogP contribution in [0, 0.1) is 0 Å². The maximum absolute atomic E-state index is 11.8. The van der Waals surface area contributed by atoms with E-state index in [0.29, 0.717) is 11.6 Å². The van der Waals surface area contributed by atoms with Crippen LogP contribution in [-0.2, 0) is 0 Å². The number of aromatic nitrogens is 3. The lowest BCUT2D eigenvalue weighted by molar-refractivity contribution is 0.256. The summed E-state index contributed by atoms with van der Waals surface area (Å²) >= 11 is 1.51. The highest BCUT2D eigenvalue weighted by Gasteiger charge is 2.18. The average molecular weight is 297 g/mol. The summed E-state index contributed by atoms with van der Waals surface area (Å²) in [7, 11) is 0. The molecule has 7 heteroatoms. The summed E-state index contributed by atoms with van der Waals surface area (Å²) in [6, 6.07) is 8.20. The van der Waals surface area contributed by atoms with Crippen molar-refractivity contribution < 1.29 is 4.79 Å². The summed E-state index contributed by atoms with van der Waals surface area (Å²) in [5.74, 6) is 0.836. The Morgan fingerprint density at radius 2 is 1.90 bits per heavy atom. The summed E-state index contributed by atoms with van der Waals surface area (Å²) < 4.78 is 0. The molecule has 0 bridgehead atoms. The topological polar surface area (TPSA) is 85.0 Å². The number of rotatable bonds is 3. The maximum Gasteiger partial charge on any atom is 0.326 e. The molecule has 0 radical (unpaired) electrons. The van der Waals surface area contributed by atoms with Crippen LogP contribution < -0.4 is 10.6 Å². The van der Waals surface area contributed by atoms with E-state index in [4.69, 9.17) is 5.73 Å². The van der Waals surface area contributed by atoms with E-state index in [1.165, 1.54) is 16.2 Å². The van der Waals surface area contributed by atoms with Gasteiger partial charge in [-0.05, 0) is 24.3 Å². The highest BCUT2D eigenvalue weighted by Crippen LogP contribution is 2.27. The molecule has 21 heavy (non-hydrogen) atoms. The molecular formula is C14H11N5OS. The van der Waals surface area contributed by atoms with Gasteiger partial charge in [0.2, 0.25) is 0 Å². The molecule has 3 aromatic rings. The summed E-state index contributed by atoms with van der Waals surface area (Å²) in [5, 5.41) is 2.74. The van der Waals surface area contributed by atoms with Crippen LogP contribution in [0.15, 0.2) is 54.3 Å². The Bertz CT molecular complexity index is 745. The second kappa shape index (κ2) is 5.68. The maximum atomic E-state index is 11.8. The van der Waals surface area contributed by atoms with E-state index in [1.54, 1.807) is 42.9 Å². The fourth-order valence-corrected chi connectivity index (χ4v) is 2.50. The van der Waals surface area contributed by atoms with Crippen LogP contribution in [0.1, 0.15) is 0 Å². The van der Waals surface area contributed by atoms with Crippen molar-refractivity contribution >= 4 is 29.0 Å². The molecule has 0 aliphatic heterocycles. The van der Waals surface area contributed by atoms with Gasteiger partial charge in [0, 0.05) is 29.5 Å². The van der Waals surface area contributed by atoms with Gasteiger partial charge < -0.3 is 5.73 Å². The zero-order valence-electron chi connectivity index (χ0n) is 10.9. The number of anilines is 2. The highest BCUT2D eigenvalue weighted by molar-refractivity contribution is 7.13. The predicted octanol–water partition coefficient (Wildman–Crippen LogP) is 2.82. The van der Waals surface area contributed by atoms with E-state index in [0.717, 1.165) is 10.6 Å². The lowest BCUT2D eigenvalue weighted by Crippen LogP contribution is -2.32. The molecule has 2 N–H and O–H groups in total. The Kier molecular flexibility index (Phi) is 3.57. The van der Waals surface area contributed by atoms with Crippen molar-refractivity contribution in [2.75, 3.05) is 4.90 Å². The second-order valence-electron chi connectivity index (χ2n) is 4.10. The van der Waals surface area contributed by atoms with Crippen molar-refractivity contribution in [2.24, 2.45) is 5.73 Å². The van der Waals surface area contributed by atoms with Gasteiger partial charge >= 0.3 is 6.03 Å². The molecule has 0 aliphatic carbocycles. The van der Waals surface area contributed by atoms with Crippen molar-refractivity contribution in [3.05, 3.63) is 54.3 Å². The van der Waals surface area contributed by atoms with E-state index in [2.05, 4.69) is 15.0 Å². The fourth-order valence-electron chi connectivity index (χ4n) is 1.87. The molecule has 0 fully saturated rings. The first-order valence-electron chi connectivity index (χ1n) is 6.12. The van der Waals surface area contributed by atoms with Crippen LogP contribution >= 0.6 is 11.3 Å². The van der Waals surface area contributed by atoms with E-state index in [9.17, 15) is 4.79 Å². The third-order valence-electron chi connectivity index (χ3n) is 2.75. The zero-order valence-corrected chi connectivity index (χ0v) is 11.7. The molecule has 0 aromatic carbocycles. The number of nitrogens with zero attached hydrogens (tertiary/aromatic N) is 4. The first-order valence-corrected chi connectivity index (χ1v) is 7.00. The van der Waals surface area contributed by atoms with Gasteiger partial charge in [0.1, 0.15) is 16.6 Å². The molecule has 3 heterocycles. The third-order valence-corrected chi connectivity index (χ3v) is 3.57. The molecule has 0 unspecified atom stereocenters. The molecule has 3 aromatic heterocycles. The Hall–Kier alpha value is -2.80. The average Bonchev–Trinajstić information content (AvgIpc) is 3.03. The van der Waals surface area contributed by atoms with Gasteiger partial charge in [0.15, 0.2) is 0 Å². The summed E-state index contributed by atoms with van der Waals surface area (Å²) in [4.78, 5) is 25.6. The lowest BCUT2D eigenvalue weighted by atomic mass is 10.2. The molecule has 2 amide bonds. The normalized spacial score (nSPS) is 10.3. The Labute approximate surface area is 124 Å². The number of thiazole rings is 1. The summed E-state index contributed by atoms with van der Waals surface area (Å²) in [6.45, 7) is 0. The number of amides is 2. The van der Waals surface area contributed by atoms with Crippen LogP contribution in [-0.4, -0.2) is 21.0 Å². The molecule has 104 valence electrons. The monoisotopic (exact) mass is 297 g/mol. The van der Waals surface area contributed by atoms with Crippen molar-refractivity contribution in [1.82, 2.24) is 15.0 Å². The lowest BCUT2D eigenvalue weighted by Gasteiger charge is -2.18. The van der Waals surface area contributed by atoms with Crippen LogP contribution in [0.5, 0.6) is 0 Å². The third kappa shape index (κ3) is 2.72. The number of primary amides is 1. The minimum atomic E-state index is -0.641. The number of carbonyl (C=O) groups is 1.